The fraction of sp³-hybridized carbons (Fsp3) is 0.864. The molecule has 7 heteroatoms. The van der Waals surface area contributed by atoms with Crippen molar-refractivity contribution in [1.82, 2.24) is 15.5 Å². The quantitative estimate of drug-likeness (QED) is 0.676. The van der Waals surface area contributed by atoms with Gasteiger partial charge in [0.1, 0.15) is 6.04 Å². The van der Waals surface area contributed by atoms with Crippen molar-refractivity contribution >= 4 is 17.9 Å². The molecule has 4 atom stereocenters. The number of hydrogen-bond acceptors (Lipinski definition) is 4. The summed E-state index contributed by atoms with van der Waals surface area (Å²) in [7, 11) is 0. The number of nitrogens with zero attached hydrogens (tertiary/aromatic N) is 1. The molecule has 0 unspecified atom stereocenters. The van der Waals surface area contributed by atoms with Gasteiger partial charge in [-0.05, 0) is 44.4 Å². The molecular formula is C22H39N3O4. The van der Waals surface area contributed by atoms with Gasteiger partial charge in [-0.3, -0.25) is 9.59 Å². The number of likely N-dealkylation sites (tertiary alicyclic amines) is 1. The highest BCUT2D eigenvalue weighted by molar-refractivity contribution is 5.89. The summed E-state index contributed by atoms with van der Waals surface area (Å²) in [4.78, 5) is 39.4. The Morgan fingerprint density at radius 1 is 1.07 bits per heavy atom. The molecule has 1 heterocycles. The Bertz CT molecular complexity index is 560. The van der Waals surface area contributed by atoms with Crippen LogP contribution >= 0.6 is 0 Å². The Hall–Kier alpha value is -1.79. The fourth-order valence-electron chi connectivity index (χ4n) is 4.38. The van der Waals surface area contributed by atoms with E-state index in [0.29, 0.717) is 38.5 Å². The zero-order valence-electron chi connectivity index (χ0n) is 18.5. The summed E-state index contributed by atoms with van der Waals surface area (Å²) < 4.78 is 5.04. The monoisotopic (exact) mass is 409 g/mol. The molecule has 3 amide bonds. The number of nitrogens with one attached hydrogen (secondary N) is 2. The van der Waals surface area contributed by atoms with Gasteiger partial charge in [-0.1, -0.05) is 40.0 Å². The molecule has 1 aliphatic heterocycles. The third kappa shape index (κ3) is 6.61. The van der Waals surface area contributed by atoms with Crippen LogP contribution in [0, 0.1) is 17.8 Å². The minimum absolute atomic E-state index is 0.0101. The number of rotatable bonds is 7. The lowest BCUT2D eigenvalue weighted by Crippen LogP contribution is -2.55. The van der Waals surface area contributed by atoms with Crippen LogP contribution in [-0.4, -0.2) is 54.6 Å². The van der Waals surface area contributed by atoms with Crippen LogP contribution in [0.25, 0.3) is 0 Å². The van der Waals surface area contributed by atoms with Gasteiger partial charge in [-0.2, -0.15) is 0 Å². The average molecular weight is 410 g/mol. The van der Waals surface area contributed by atoms with E-state index in [1.165, 1.54) is 6.42 Å². The van der Waals surface area contributed by atoms with Gasteiger partial charge in [0.05, 0.1) is 6.61 Å². The number of carbonyl (C=O) groups excluding carboxylic acids is 3. The van der Waals surface area contributed by atoms with Gasteiger partial charge in [0.25, 0.3) is 0 Å². The van der Waals surface area contributed by atoms with Crippen LogP contribution in [0.5, 0.6) is 0 Å². The standard InChI is InChI=1S/C22H39N3O4/c1-5-15(3)19(24-20(26)18-10-8-7-9-16(18)4)21(27)23-17-11-13-25(14-12-17)22(28)29-6-2/h15-19H,5-14H2,1-4H3,(H,23,27)(H,24,26)/t15-,16+,18+,19+/m0/s1. The van der Waals surface area contributed by atoms with Gasteiger partial charge in [-0.15, -0.1) is 0 Å². The molecule has 0 aromatic rings. The second kappa shape index (κ2) is 11.4. The summed E-state index contributed by atoms with van der Waals surface area (Å²) in [5, 5.41) is 6.18. The maximum absolute atomic E-state index is 13.0. The second-order valence-electron chi connectivity index (χ2n) is 8.71. The van der Waals surface area contributed by atoms with E-state index in [2.05, 4.69) is 17.6 Å². The van der Waals surface area contributed by atoms with Crippen molar-refractivity contribution in [2.24, 2.45) is 17.8 Å². The number of amides is 3. The maximum Gasteiger partial charge on any atom is 0.409 e. The largest absolute Gasteiger partial charge is 0.450 e. The van der Waals surface area contributed by atoms with E-state index in [9.17, 15) is 14.4 Å². The van der Waals surface area contributed by atoms with Crippen molar-refractivity contribution in [1.29, 1.82) is 0 Å². The Balaban J connectivity index is 1.90. The van der Waals surface area contributed by atoms with Gasteiger partial charge in [0.15, 0.2) is 0 Å². The number of ether oxygens (including phenoxy) is 1. The topological polar surface area (TPSA) is 87.7 Å². The third-order valence-corrected chi connectivity index (χ3v) is 6.61. The van der Waals surface area contributed by atoms with Crippen molar-refractivity contribution in [2.75, 3.05) is 19.7 Å². The zero-order chi connectivity index (χ0) is 21.4. The molecular weight excluding hydrogens is 370 g/mol. The fourth-order valence-corrected chi connectivity index (χ4v) is 4.38. The first-order valence-corrected chi connectivity index (χ1v) is 11.4. The Morgan fingerprint density at radius 3 is 2.31 bits per heavy atom. The predicted molar refractivity (Wildman–Crippen MR) is 112 cm³/mol. The molecule has 0 spiro atoms. The molecule has 2 rings (SSSR count). The van der Waals surface area contributed by atoms with Crippen LogP contribution in [0.3, 0.4) is 0 Å². The molecule has 1 aliphatic carbocycles. The van der Waals surface area contributed by atoms with E-state index < -0.39 is 6.04 Å². The Kier molecular flexibility index (Phi) is 9.24. The summed E-state index contributed by atoms with van der Waals surface area (Å²) in [5.74, 6) is 0.366. The van der Waals surface area contributed by atoms with Crippen molar-refractivity contribution in [3.05, 3.63) is 0 Å². The predicted octanol–water partition coefficient (Wildman–Crippen LogP) is 3.08. The molecule has 1 saturated carbocycles. The van der Waals surface area contributed by atoms with E-state index in [0.717, 1.165) is 25.7 Å². The lowest BCUT2D eigenvalue weighted by Gasteiger charge is -2.34. The second-order valence-corrected chi connectivity index (χ2v) is 8.71. The molecule has 7 nitrogen and oxygen atoms in total. The van der Waals surface area contributed by atoms with Crippen LogP contribution in [0.4, 0.5) is 4.79 Å². The van der Waals surface area contributed by atoms with Gasteiger partial charge in [0, 0.05) is 25.0 Å². The van der Waals surface area contributed by atoms with E-state index in [1.807, 2.05) is 13.8 Å². The van der Waals surface area contributed by atoms with Crippen LogP contribution in [0.1, 0.15) is 72.6 Å². The highest BCUT2D eigenvalue weighted by atomic mass is 16.6. The maximum atomic E-state index is 13.0. The number of carbonyl (C=O) groups is 3. The molecule has 166 valence electrons. The molecule has 0 bridgehead atoms. The molecule has 2 fully saturated rings. The first-order valence-electron chi connectivity index (χ1n) is 11.4. The summed E-state index contributed by atoms with van der Waals surface area (Å²) in [6.45, 7) is 9.50. The van der Waals surface area contributed by atoms with E-state index in [-0.39, 0.29) is 35.8 Å². The minimum Gasteiger partial charge on any atom is -0.450 e. The van der Waals surface area contributed by atoms with Crippen LogP contribution < -0.4 is 10.6 Å². The normalized spacial score (nSPS) is 25.0. The van der Waals surface area contributed by atoms with E-state index in [4.69, 9.17) is 4.74 Å². The summed E-state index contributed by atoms with van der Waals surface area (Å²) in [6.07, 6.45) is 6.19. The molecule has 1 saturated heterocycles. The third-order valence-electron chi connectivity index (χ3n) is 6.61. The van der Waals surface area contributed by atoms with Crippen LogP contribution in [-0.2, 0) is 14.3 Å². The van der Waals surface area contributed by atoms with Crippen molar-refractivity contribution in [3.8, 4) is 0 Å². The highest BCUT2D eigenvalue weighted by Gasteiger charge is 2.34. The molecule has 29 heavy (non-hydrogen) atoms. The molecule has 0 aromatic carbocycles. The first kappa shape index (κ1) is 23.5. The van der Waals surface area contributed by atoms with Gasteiger partial charge in [-0.25, -0.2) is 4.79 Å². The Labute approximate surface area is 175 Å². The number of hydrogen-bond donors (Lipinski definition) is 2. The minimum atomic E-state index is -0.510. The van der Waals surface area contributed by atoms with Crippen molar-refractivity contribution in [2.45, 2.75) is 84.7 Å². The van der Waals surface area contributed by atoms with Gasteiger partial charge < -0.3 is 20.3 Å². The molecule has 0 aromatic heterocycles. The summed E-state index contributed by atoms with van der Waals surface area (Å²) >= 11 is 0. The van der Waals surface area contributed by atoms with Crippen LogP contribution in [0.15, 0.2) is 0 Å². The lowest BCUT2D eigenvalue weighted by atomic mass is 9.79. The molecule has 2 aliphatic rings. The summed E-state index contributed by atoms with van der Waals surface area (Å²) in [6, 6.07) is -0.491. The van der Waals surface area contributed by atoms with Crippen molar-refractivity contribution in [3.63, 3.8) is 0 Å². The molecule has 0 radical (unpaired) electrons. The average Bonchev–Trinajstić information content (AvgIpc) is 2.72. The lowest BCUT2D eigenvalue weighted by molar-refractivity contribution is -0.134. The molecule has 2 N–H and O–H groups in total. The number of piperidine rings is 1. The van der Waals surface area contributed by atoms with Crippen molar-refractivity contribution < 1.29 is 19.1 Å². The highest BCUT2D eigenvalue weighted by Crippen LogP contribution is 2.30. The van der Waals surface area contributed by atoms with E-state index >= 15 is 0 Å². The van der Waals surface area contributed by atoms with E-state index in [1.54, 1.807) is 11.8 Å². The Morgan fingerprint density at radius 2 is 1.72 bits per heavy atom. The van der Waals surface area contributed by atoms with Gasteiger partial charge in [0.2, 0.25) is 11.8 Å². The van der Waals surface area contributed by atoms with Crippen LogP contribution in [0.2, 0.25) is 0 Å². The van der Waals surface area contributed by atoms with Gasteiger partial charge >= 0.3 is 6.09 Å². The SMILES string of the molecule is CCOC(=O)N1CCC(NC(=O)[C@H](NC(=O)[C@@H]2CCCC[C@H]2C)[C@@H](C)CC)CC1. The first-order chi connectivity index (χ1) is 13.9. The summed E-state index contributed by atoms with van der Waals surface area (Å²) in [5.41, 5.74) is 0. The zero-order valence-corrected chi connectivity index (χ0v) is 18.5. The smallest absolute Gasteiger partial charge is 0.409 e.